The van der Waals surface area contributed by atoms with Gasteiger partial charge < -0.3 is 54.3 Å². The molecule has 8 rings (SSSR count). The standard InChI is InChI=1S/2C24H20B.C4H7.4C3H9O3P.Rh/c2*1-5-13-21(14-6-1)25(22-15-7-2-8-16-22,23-17-9-3-10-18-23)24-19-11-4-12-20-24;1-4(2)3;4*1-4-7(5-2)6-3;/h2*1-20H;1-2H2,3H3;4*1-3H3;/q2*-1;;;;;;+2. The number of hydrogen-bond donors (Lipinski definition) is 0. The summed E-state index contributed by atoms with van der Waals surface area (Å²) >= 11 is 0. The summed E-state index contributed by atoms with van der Waals surface area (Å²) in [5.74, 6) is 0. The third-order valence-electron chi connectivity index (χ3n) is 12.2. The Labute approximate surface area is 515 Å². The predicted octanol–water partition coefficient (Wildman–Crippen LogP) is 12.1. The van der Waals surface area contributed by atoms with Crippen molar-refractivity contribution in [3.05, 3.63) is 262 Å². The summed E-state index contributed by atoms with van der Waals surface area (Å²) in [6.45, 7) is 8.75. The Morgan fingerprint density at radius 3 is 0.386 bits per heavy atom. The number of benzene rings is 8. The summed E-state index contributed by atoms with van der Waals surface area (Å²) in [6, 6.07) is 87.1. The fraction of sp³-hybridized carbons (Fsp3) is 0.203. The van der Waals surface area contributed by atoms with E-state index in [-0.39, 0.29) is 19.5 Å². The van der Waals surface area contributed by atoms with Gasteiger partial charge in [0, 0.05) is 85.3 Å². The van der Waals surface area contributed by atoms with Gasteiger partial charge in [0.05, 0.1) is 0 Å². The molecule has 83 heavy (non-hydrogen) atoms. The van der Waals surface area contributed by atoms with E-state index in [0.717, 1.165) is 5.57 Å². The Morgan fingerprint density at radius 1 is 0.241 bits per heavy atom. The van der Waals surface area contributed by atoms with E-state index < -0.39 is 46.7 Å². The average molecular weight is 1290 g/mol. The topological polar surface area (TPSA) is 111 Å². The number of rotatable bonds is 20. The second-order valence-electron chi connectivity index (χ2n) is 17.1. The third-order valence-corrected chi connectivity index (χ3v) is 15.8. The molecule has 0 fully saturated rings. The molecule has 19 heteroatoms. The zero-order valence-electron chi connectivity index (χ0n) is 50.2. The molecule has 0 aliphatic rings. The van der Waals surface area contributed by atoms with Gasteiger partial charge in [-0.25, -0.2) is 0 Å². The summed E-state index contributed by atoms with van der Waals surface area (Å²) in [4.78, 5) is 0. The molecule has 0 aliphatic carbocycles. The van der Waals surface area contributed by atoms with Crippen molar-refractivity contribution in [2.45, 2.75) is 6.92 Å². The van der Waals surface area contributed by atoms with E-state index in [9.17, 15) is 0 Å². The summed E-state index contributed by atoms with van der Waals surface area (Å²) < 4.78 is 56.0. The fourth-order valence-electron chi connectivity index (χ4n) is 9.14. The molecule has 0 amide bonds. The first kappa shape index (κ1) is 76.5. The summed E-state index contributed by atoms with van der Waals surface area (Å²) in [5.41, 5.74) is 11.6. The van der Waals surface area contributed by atoms with Crippen molar-refractivity contribution in [2.75, 3.05) is 85.3 Å². The van der Waals surface area contributed by atoms with Gasteiger partial charge in [0.1, 0.15) is 12.3 Å². The van der Waals surface area contributed by atoms with Crippen LogP contribution in [0.2, 0.25) is 0 Å². The van der Waals surface area contributed by atoms with Crippen LogP contribution in [0.4, 0.5) is 0 Å². The van der Waals surface area contributed by atoms with Crippen LogP contribution in [0.15, 0.2) is 255 Å². The molecule has 0 saturated heterocycles. The van der Waals surface area contributed by atoms with Crippen LogP contribution in [0, 0.1) is 6.92 Å². The van der Waals surface area contributed by atoms with E-state index in [1.165, 1.54) is 43.7 Å². The van der Waals surface area contributed by atoms with Crippen molar-refractivity contribution >= 4 is 90.4 Å². The van der Waals surface area contributed by atoms with Gasteiger partial charge in [-0.1, -0.05) is 248 Å². The van der Waals surface area contributed by atoms with E-state index >= 15 is 0 Å². The minimum atomic E-state index is -1.22. The minimum absolute atomic E-state index is 0. The minimum Gasteiger partial charge on any atom is -0.316 e. The molecule has 0 spiro atoms. The predicted molar refractivity (Wildman–Crippen MR) is 352 cm³/mol. The largest absolute Gasteiger partial charge is 2.00 e. The van der Waals surface area contributed by atoms with Crippen LogP contribution < -0.4 is 43.7 Å². The smallest absolute Gasteiger partial charge is 0.316 e. The van der Waals surface area contributed by atoms with Gasteiger partial charge in [0.25, 0.3) is 0 Å². The zero-order chi connectivity index (χ0) is 60.3. The van der Waals surface area contributed by atoms with Crippen molar-refractivity contribution < 1.29 is 73.8 Å². The molecule has 0 saturated carbocycles. The Balaban J connectivity index is 0.000000548. The van der Waals surface area contributed by atoms with Crippen molar-refractivity contribution in [3.8, 4) is 0 Å². The van der Waals surface area contributed by atoms with Crippen molar-refractivity contribution in [1.29, 1.82) is 0 Å². The summed E-state index contributed by atoms with van der Waals surface area (Å²) in [5, 5.41) is 0. The second kappa shape index (κ2) is 46.7. The molecular weight excluding hydrogens is 1210 g/mol. The first-order valence-corrected chi connectivity index (χ1v) is 30.3. The maximum Gasteiger partial charge on any atom is 2.00 e. The molecule has 0 bridgehead atoms. The van der Waals surface area contributed by atoms with Crippen LogP contribution in [0.1, 0.15) is 6.92 Å². The van der Waals surface area contributed by atoms with Gasteiger partial charge in [-0.15, -0.1) is 6.58 Å². The van der Waals surface area contributed by atoms with Crippen LogP contribution in [0.25, 0.3) is 0 Å². The molecule has 0 heterocycles. The third kappa shape index (κ3) is 25.5. The van der Waals surface area contributed by atoms with Gasteiger partial charge >= 0.3 is 53.9 Å². The molecule has 2 radical (unpaired) electrons. The molecular formula is C64H83B2O12P4Rh. The number of hydrogen-bond acceptors (Lipinski definition) is 12. The fourth-order valence-corrected chi connectivity index (χ4v) is 10.9. The van der Waals surface area contributed by atoms with Crippen LogP contribution in [-0.4, -0.2) is 97.6 Å². The van der Waals surface area contributed by atoms with Crippen molar-refractivity contribution in [1.82, 2.24) is 0 Å². The molecule has 446 valence electrons. The Kier molecular flexibility index (Phi) is 43.1. The average Bonchev–Trinajstić information content (AvgIpc) is 3.42. The Bertz CT molecular complexity index is 2190. The molecule has 12 nitrogen and oxygen atoms in total. The van der Waals surface area contributed by atoms with Crippen molar-refractivity contribution in [3.63, 3.8) is 0 Å². The van der Waals surface area contributed by atoms with E-state index in [0.29, 0.717) is 0 Å². The van der Waals surface area contributed by atoms with Crippen LogP contribution >= 0.6 is 34.4 Å². The van der Waals surface area contributed by atoms with Gasteiger partial charge in [-0.3, -0.25) is 0 Å². The number of allylic oxidation sites excluding steroid dienone is 1. The molecule has 0 aliphatic heterocycles. The quantitative estimate of drug-likeness (QED) is 0.0535. The van der Waals surface area contributed by atoms with Crippen molar-refractivity contribution in [2.24, 2.45) is 0 Å². The van der Waals surface area contributed by atoms with E-state index in [4.69, 9.17) is 0 Å². The first-order chi connectivity index (χ1) is 40.0. The van der Waals surface area contributed by atoms with E-state index in [1.54, 1.807) is 85.3 Å². The second-order valence-corrected chi connectivity index (χ2v) is 23.2. The van der Waals surface area contributed by atoms with Crippen LogP contribution in [-0.2, 0) is 73.8 Å². The van der Waals surface area contributed by atoms with Gasteiger partial charge in [-0.2, -0.15) is 43.7 Å². The molecule has 0 unspecified atom stereocenters. The molecule has 0 N–H and O–H groups in total. The molecule has 8 aromatic carbocycles. The van der Waals surface area contributed by atoms with Gasteiger partial charge in [0.15, 0.2) is 0 Å². The SMILES string of the molecule is COP(OC)OC.COP(OC)OC.COP(OC)OC.COP(OC)OC.[CH2]C(=C)C.[Rh+2].c1ccc([B-](c2ccccc2)(c2ccccc2)c2ccccc2)cc1.c1ccc([B-](c2ccccc2)(c2ccccc2)c2ccccc2)cc1. The van der Waals surface area contributed by atoms with Gasteiger partial charge in [-0.05, 0) is 13.8 Å². The normalized spacial score (nSPS) is 10.5. The molecule has 0 aromatic heterocycles. The first-order valence-electron chi connectivity index (χ1n) is 25.9. The monoisotopic (exact) mass is 1290 g/mol. The van der Waals surface area contributed by atoms with Gasteiger partial charge in [0.2, 0.25) is 0 Å². The Hall–Kier alpha value is -4.51. The Morgan fingerprint density at radius 2 is 0.325 bits per heavy atom. The van der Waals surface area contributed by atoms with E-state index in [1.807, 2.05) is 6.92 Å². The summed E-state index contributed by atoms with van der Waals surface area (Å²) in [7, 11) is 14.3. The maximum absolute atomic E-state index is 4.67. The van der Waals surface area contributed by atoms with E-state index in [2.05, 4.69) is 310 Å². The molecule has 8 aromatic rings. The maximum atomic E-state index is 4.67. The summed E-state index contributed by atoms with van der Waals surface area (Å²) in [6.07, 6.45) is -2.43. The van der Waals surface area contributed by atoms with Crippen LogP contribution in [0.5, 0.6) is 0 Å². The zero-order valence-corrected chi connectivity index (χ0v) is 55.4. The van der Waals surface area contributed by atoms with Crippen LogP contribution in [0.3, 0.4) is 0 Å². The molecule has 0 atom stereocenters.